The van der Waals surface area contributed by atoms with Crippen LogP contribution in [-0.4, -0.2) is 163 Å². The highest BCUT2D eigenvalue weighted by Gasteiger charge is 2.53. The molecule has 0 saturated carbocycles. The molecule has 0 aromatic heterocycles. The average Bonchev–Trinajstić information content (AvgIpc) is 3.40. The maximum absolute atomic E-state index is 13.0. The third-order valence-corrected chi connectivity index (χ3v) is 9.19. The van der Waals surface area contributed by atoms with E-state index in [2.05, 4.69) is 0 Å². The van der Waals surface area contributed by atoms with Gasteiger partial charge in [0.1, 0.15) is 77.8 Å². The van der Waals surface area contributed by atoms with Crippen molar-refractivity contribution in [2.24, 2.45) is 0 Å². The lowest BCUT2D eigenvalue weighted by Crippen LogP contribution is -2.62. The number of carbonyl (C=O) groups is 1. The van der Waals surface area contributed by atoms with Crippen LogP contribution in [0.4, 0.5) is 0 Å². The average molecular weight is 713 g/mol. The van der Waals surface area contributed by atoms with Gasteiger partial charge in [-0.3, -0.25) is 4.79 Å². The molecule has 0 radical (unpaired) electrons. The van der Waals surface area contributed by atoms with Crippen molar-refractivity contribution < 1.29 is 89.0 Å². The summed E-state index contributed by atoms with van der Waals surface area (Å²) in [5.74, 6) is 0.208. The summed E-state index contributed by atoms with van der Waals surface area (Å²) in [5.41, 5.74) is -1.19. The van der Waals surface area contributed by atoms with Gasteiger partial charge in [0.15, 0.2) is 18.2 Å². The van der Waals surface area contributed by atoms with Gasteiger partial charge in [0, 0.05) is 6.07 Å². The van der Waals surface area contributed by atoms with E-state index in [9.17, 15) is 55.9 Å². The Morgan fingerprint density at radius 1 is 0.740 bits per heavy atom. The number of Topliss-reactive ketones (excluding diaryl/α,β-unsaturated/α-hetero) is 1. The second-order valence-corrected chi connectivity index (χ2v) is 12.6. The molecule has 50 heavy (non-hydrogen) atoms. The molecule has 3 fully saturated rings. The van der Waals surface area contributed by atoms with Crippen LogP contribution in [0.15, 0.2) is 42.5 Å². The fourth-order valence-electron chi connectivity index (χ4n) is 6.12. The van der Waals surface area contributed by atoms with Gasteiger partial charge in [-0.15, -0.1) is 0 Å². The summed E-state index contributed by atoms with van der Waals surface area (Å²) in [5, 5.41) is 101. The van der Waals surface area contributed by atoms with E-state index in [-0.39, 0.29) is 35.0 Å². The lowest BCUT2D eigenvalue weighted by molar-refractivity contribution is -0.318. The number of carbonyl (C=O) groups excluding carboxylic acids is 1. The van der Waals surface area contributed by atoms with E-state index in [0.29, 0.717) is 5.56 Å². The van der Waals surface area contributed by atoms with Crippen molar-refractivity contribution in [1.29, 1.82) is 0 Å². The Balaban J connectivity index is 1.14. The van der Waals surface area contributed by atoms with Crippen molar-refractivity contribution in [2.45, 2.75) is 91.9 Å². The number of ether oxygens (including phenoxy) is 7. The predicted octanol–water partition coefficient (Wildman–Crippen LogP) is -3.78. The van der Waals surface area contributed by atoms with Gasteiger partial charge < -0.3 is 84.2 Å². The van der Waals surface area contributed by atoms with Gasteiger partial charge in [-0.25, -0.2) is 0 Å². The standard InChI is InChI=1S/C32H40O18/c33-9-20-22(37)24(39)26(41)29(48-20)46-15-5-6-16-17(36)8-18(47-19(16)7-15)13-1-3-14(4-2-13)45-30-27(25(40)23(38)21(10-34)49-30)50-31-28(42)32(43,11-35)12-44-31/h1-7,18,20-31,33-35,37-43H,8-12H2. The number of rotatable bonds is 10. The molecule has 18 heteroatoms. The van der Waals surface area contributed by atoms with E-state index in [1.807, 2.05) is 0 Å². The minimum absolute atomic E-state index is 0.0199. The third-order valence-electron chi connectivity index (χ3n) is 9.19. The third kappa shape index (κ3) is 7.05. The van der Waals surface area contributed by atoms with E-state index in [0.717, 1.165) is 0 Å². The number of aliphatic hydroxyl groups excluding tert-OH is 9. The Kier molecular flexibility index (Phi) is 10.9. The largest absolute Gasteiger partial charge is 0.484 e. The van der Waals surface area contributed by atoms with Gasteiger partial charge in [0.2, 0.25) is 12.6 Å². The van der Waals surface area contributed by atoms with Crippen LogP contribution in [0.25, 0.3) is 0 Å². The second-order valence-electron chi connectivity index (χ2n) is 12.6. The molecule has 4 heterocycles. The number of fused-ring (bicyclic) bond motifs is 1. The highest BCUT2D eigenvalue weighted by atomic mass is 16.8. The van der Waals surface area contributed by atoms with E-state index in [4.69, 9.17) is 33.2 Å². The van der Waals surface area contributed by atoms with E-state index < -0.39 is 112 Å². The first-order valence-corrected chi connectivity index (χ1v) is 15.9. The monoisotopic (exact) mass is 712 g/mol. The maximum Gasteiger partial charge on any atom is 0.229 e. The molecule has 18 nitrogen and oxygen atoms in total. The summed E-state index contributed by atoms with van der Waals surface area (Å²) in [6, 6.07) is 10.5. The highest BCUT2D eigenvalue weighted by Crippen LogP contribution is 2.39. The normalized spacial score (nSPS) is 40.2. The second kappa shape index (κ2) is 14.9. The SMILES string of the molecule is O=C1CC(c2ccc(OC3OC(CO)C(O)C(O)C3OC3OCC(O)(CO)C3O)cc2)Oc2cc(OC3OC(CO)C(O)C(O)C3O)ccc21. The van der Waals surface area contributed by atoms with Crippen molar-refractivity contribution in [1.82, 2.24) is 0 Å². The number of ketones is 1. The molecule has 14 unspecified atom stereocenters. The number of aliphatic hydroxyl groups is 10. The van der Waals surface area contributed by atoms with Crippen molar-refractivity contribution in [3.63, 3.8) is 0 Å². The van der Waals surface area contributed by atoms with Gasteiger partial charge >= 0.3 is 0 Å². The zero-order chi connectivity index (χ0) is 35.9. The lowest BCUT2D eigenvalue weighted by Gasteiger charge is -2.42. The summed E-state index contributed by atoms with van der Waals surface area (Å²) < 4.78 is 39.7. The minimum atomic E-state index is -2.02. The minimum Gasteiger partial charge on any atom is -0.484 e. The zero-order valence-electron chi connectivity index (χ0n) is 26.3. The van der Waals surface area contributed by atoms with Crippen LogP contribution in [0.2, 0.25) is 0 Å². The van der Waals surface area contributed by atoms with Crippen LogP contribution in [0.3, 0.4) is 0 Å². The van der Waals surface area contributed by atoms with Crippen LogP contribution in [0.1, 0.15) is 28.4 Å². The van der Waals surface area contributed by atoms with Crippen LogP contribution < -0.4 is 14.2 Å². The quantitative estimate of drug-likeness (QED) is 0.113. The van der Waals surface area contributed by atoms with E-state index >= 15 is 0 Å². The first-order valence-electron chi connectivity index (χ1n) is 15.9. The van der Waals surface area contributed by atoms with Gasteiger partial charge in [0.25, 0.3) is 0 Å². The summed E-state index contributed by atoms with van der Waals surface area (Å²) >= 11 is 0. The molecular weight excluding hydrogens is 672 g/mol. The molecule has 6 rings (SSSR count). The van der Waals surface area contributed by atoms with Crippen LogP contribution in [-0.2, 0) is 18.9 Å². The van der Waals surface area contributed by atoms with Crippen LogP contribution in [0, 0.1) is 0 Å². The Morgan fingerprint density at radius 3 is 2.00 bits per heavy atom. The van der Waals surface area contributed by atoms with Crippen LogP contribution >= 0.6 is 0 Å². The summed E-state index contributed by atoms with van der Waals surface area (Å²) in [4.78, 5) is 13.0. The number of hydrogen-bond donors (Lipinski definition) is 10. The van der Waals surface area contributed by atoms with E-state index in [1.54, 1.807) is 12.1 Å². The van der Waals surface area contributed by atoms with Gasteiger partial charge in [-0.1, -0.05) is 12.1 Å². The van der Waals surface area contributed by atoms with Crippen molar-refractivity contribution in [3.8, 4) is 17.2 Å². The molecule has 2 aromatic carbocycles. The number of benzene rings is 2. The van der Waals surface area contributed by atoms with Gasteiger partial charge in [-0.2, -0.15) is 0 Å². The van der Waals surface area contributed by atoms with Crippen molar-refractivity contribution >= 4 is 5.78 Å². The molecule has 4 aliphatic rings. The smallest absolute Gasteiger partial charge is 0.229 e. The summed E-state index contributed by atoms with van der Waals surface area (Å²) in [6.07, 6.45) is -19.0. The molecule has 0 bridgehead atoms. The number of hydrogen-bond acceptors (Lipinski definition) is 18. The fraction of sp³-hybridized carbons (Fsp3) is 0.594. The molecule has 3 saturated heterocycles. The Labute approximate surface area is 284 Å². The summed E-state index contributed by atoms with van der Waals surface area (Å²) in [6.45, 7) is -2.63. The molecule has 276 valence electrons. The zero-order valence-corrected chi connectivity index (χ0v) is 26.3. The molecule has 14 atom stereocenters. The highest BCUT2D eigenvalue weighted by molar-refractivity contribution is 6.00. The Morgan fingerprint density at radius 2 is 1.36 bits per heavy atom. The topological polar surface area (TPSA) is 284 Å². The molecule has 2 aromatic rings. The Hall–Kier alpha value is -3.05. The van der Waals surface area contributed by atoms with Crippen molar-refractivity contribution in [2.75, 3.05) is 26.4 Å². The maximum atomic E-state index is 13.0. The molecule has 0 aliphatic carbocycles. The molecule has 10 N–H and O–H groups in total. The predicted molar refractivity (Wildman–Crippen MR) is 161 cm³/mol. The van der Waals surface area contributed by atoms with E-state index in [1.165, 1.54) is 30.3 Å². The first kappa shape index (κ1) is 36.7. The first-order chi connectivity index (χ1) is 23.9. The molecular formula is C32H40O18. The molecule has 0 amide bonds. The molecule has 0 spiro atoms. The van der Waals surface area contributed by atoms with Crippen molar-refractivity contribution in [3.05, 3.63) is 53.6 Å². The molecule has 4 aliphatic heterocycles. The van der Waals surface area contributed by atoms with Gasteiger partial charge in [0.05, 0.1) is 38.4 Å². The lowest BCUT2D eigenvalue weighted by atomic mass is 9.96. The Bertz CT molecular complexity index is 1470. The summed E-state index contributed by atoms with van der Waals surface area (Å²) in [7, 11) is 0. The van der Waals surface area contributed by atoms with Crippen LogP contribution in [0.5, 0.6) is 17.2 Å². The van der Waals surface area contributed by atoms with Gasteiger partial charge in [-0.05, 0) is 29.8 Å². The fourth-order valence-corrected chi connectivity index (χ4v) is 6.12.